The van der Waals surface area contributed by atoms with Crippen LogP contribution in [0.3, 0.4) is 0 Å². The molecule has 1 fully saturated rings. The Morgan fingerprint density at radius 1 is 0.900 bits per heavy atom. The third kappa shape index (κ3) is 3.09. The SMILES string of the molecule is Cc1ccc(S(=O)(=O)n2nc(C)c3c(B4OC(C)(C)C(C)(C)O4)c(C)ccc32)cc1. The molecular formula is C22H27BN2O4S. The molecule has 2 heterocycles. The van der Waals surface area contributed by atoms with E-state index in [9.17, 15) is 8.42 Å². The molecule has 0 N–H and O–H groups in total. The number of hydrogen-bond donors (Lipinski definition) is 0. The Morgan fingerprint density at radius 2 is 1.47 bits per heavy atom. The van der Waals surface area contributed by atoms with Gasteiger partial charge in [0.15, 0.2) is 0 Å². The van der Waals surface area contributed by atoms with Crippen LogP contribution in [0, 0.1) is 20.8 Å². The monoisotopic (exact) mass is 426 g/mol. The standard InChI is InChI=1S/C22H27BN2O4S/c1-14-8-11-17(12-9-14)30(26,27)25-18-13-10-15(2)20(19(18)16(3)24-25)23-28-21(4,5)22(6,7)29-23/h8-13H,1-7H3. The van der Waals surface area contributed by atoms with E-state index >= 15 is 0 Å². The summed E-state index contributed by atoms with van der Waals surface area (Å²) in [7, 11) is -4.44. The van der Waals surface area contributed by atoms with Crippen molar-refractivity contribution in [1.29, 1.82) is 0 Å². The molecule has 1 aliphatic rings. The molecule has 0 aliphatic carbocycles. The van der Waals surface area contributed by atoms with E-state index in [1.54, 1.807) is 30.3 Å². The maximum atomic E-state index is 13.3. The molecule has 30 heavy (non-hydrogen) atoms. The fraction of sp³-hybridized carbons (Fsp3) is 0.409. The molecule has 3 aromatic rings. The van der Waals surface area contributed by atoms with Crippen molar-refractivity contribution in [2.45, 2.75) is 64.6 Å². The van der Waals surface area contributed by atoms with Crippen LogP contribution in [-0.4, -0.2) is 35.9 Å². The molecule has 158 valence electrons. The van der Waals surface area contributed by atoms with Gasteiger partial charge in [0.1, 0.15) is 0 Å². The molecule has 0 spiro atoms. The molecule has 0 bridgehead atoms. The lowest BCUT2D eigenvalue weighted by molar-refractivity contribution is 0.00578. The van der Waals surface area contributed by atoms with Crippen molar-refractivity contribution in [2.75, 3.05) is 0 Å². The van der Waals surface area contributed by atoms with Gasteiger partial charge in [-0.15, -0.1) is 0 Å². The van der Waals surface area contributed by atoms with Crippen molar-refractivity contribution in [3.8, 4) is 0 Å². The van der Waals surface area contributed by atoms with Crippen LogP contribution in [0.5, 0.6) is 0 Å². The molecule has 0 atom stereocenters. The molecule has 8 heteroatoms. The first-order valence-corrected chi connectivity index (χ1v) is 11.5. The largest absolute Gasteiger partial charge is 0.495 e. The second-order valence-corrected chi connectivity index (χ2v) is 10.8. The summed E-state index contributed by atoms with van der Waals surface area (Å²) in [6.45, 7) is 13.7. The zero-order chi connectivity index (χ0) is 22.1. The molecule has 0 radical (unpaired) electrons. The molecule has 1 saturated heterocycles. The summed E-state index contributed by atoms with van der Waals surface area (Å²) in [6.07, 6.45) is 0. The summed E-state index contributed by atoms with van der Waals surface area (Å²) < 4.78 is 40.3. The van der Waals surface area contributed by atoms with Gasteiger partial charge in [-0.3, -0.25) is 0 Å². The van der Waals surface area contributed by atoms with Gasteiger partial charge in [-0.1, -0.05) is 29.3 Å². The third-order valence-electron chi connectivity index (χ3n) is 6.29. The van der Waals surface area contributed by atoms with E-state index in [2.05, 4.69) is 5.10 Å². The summed E-state index contributed by atoms with van der Waals surface area (Å²) in [5.41, 5.74) is 2.94. The van der Waals surface area contributed by atoms with Crippen LogP contribution >= 0.6 is 0 Å². The summed E-state index contributed by atoms with van der Waals surface area (Å²) >= 11 is 0. The maximum absolute atomic E-state index is 13.3. The number of hydrogen-bond acceptors (Lipinski definition) is 5. The van der Waals surface area contributed by atoms with E-state index in [0.717, 1.165) is 26.1 Å². The fourth-order valence-electron chi connectivity index (χ4n) is 3.75. The van der Waals surface area contributed by atoms with Gasteiger partial charge < -0.3 is 9.31 Å². The lowest BCUT2D eigenvalue weighted by atomic mass is 9.73. The number of nitrogens with zero attached hydrogens (tertiary/aromatic N) is 2. The highest BCUT2D eigenvalue weighted by Crippen LogP contribution is 2.37. The van der Waals surface area contributed by atoms with E-state index in [1.807, 2.05) is 54.5 Å². The maximum Gasteiger partial charge on any atom is 0.495 e. The van der Waals surface area contributed by atoms with Crippen LogP contribution in [0.15, 0.2) is 41.3 Å². The minimum absolute atomic E-state index is 0.204. The Labute approximate surface area is 178 Å². The Hall–Kier alpha value is -2.16. The highest BCUT2D eigenvalue weighted by atomic mass is 32.2. The van der Waals surface area contributed by atoms with Gasteiger partial charge in [0.2, 0.25) is 0 Å². The predicted molar refractivity (Wildman–Crippen MR) is 119 cm³/mol. The van der Waals surface area contributed by atoms with Gasteiger partial charge in [0.25, 0.3) is 10.0 Å². The Morgan fingerprint density at radius 3 is 2.03 bits per heavy atom. The van der Waals surface area contributed by atoms with E-state index in [0.29, 0.717) is 11.2 Å². The highest BCUT2D eigenvalue weighted by Gasteiger charge is 2.52. The van der Waals surface area contributed by atoms with Crippen molar-refractivity contribution >= 4 is 33.5 Å². The molecular weight excluding hydrogens is 399 g/mol. The first kappa shape index (κ1) is 21.1. The Bertz CT molecular complexity index is 1230. The zero-order valence-electron chi connectivity index (χ0n) is 18.5. The topological polar surface area (TPSA) is 70.4 Å². The number of aryl methyl sites for hydroxylation is 3. The van der Waals surface area contributed by atoms with E-state index in [-0.39, 0.29) is 4.90 Å². The van der Waals surface area contributed by atoms with Crippen LogP contribution in [0.1, 0.15) is 44.5 Å². The minimum atomic E-state index is -3.84. The van der Waals surface area contributed by atoms with Gasteiger partial charge in [0, 0.05) is 5.39 Å². The lowest BCUT2D eigenvalue weighted by Crippen LogP contribution is -2.41. The van der Waals surface area contributed by atoms with Crippen LogP contribution in [-0.2, 0) is 19.3 Å². The smallest absolute Gasteiger partial charge is 0.399 e. The quantitative estimate of drug-likeness (QED) is 0.600. The summed E-state index contributed by atoms with van der Waals surface area (Å²) in [6, 6.07) is 10.5. The van der Waals surface area contributed by atoms with Crippen molar-refractivity contribution in [2.24, 2.45) is 0 Å². The van der Waals surface area contributed by atoms with Gasteiger partial charge in [0.05, 0.1) is 27.3 Å². The molecule has 2 aromatic carbocycles. The molecule has 1 aromatic heterocycles. The summed E-state index contributed by atoms with van der Waals surface area (Å²) in [4.78, 5) is 0.204. The third-order valence-corrected chi connectivity index (χ3v) is 7.89. The second-order valence-electron chi connectivity index (χ2n) is 9.02. The number of benzene rings is 2. The average molecular weight is 426 g/mol. The van der Waals surface area contributed by atoms with E-state index in [1.165, 1.54) is 0 Å². The normalized spacial score (nSPS) is 18.3. The van der Waals surface area contributed by atoms with Crippen molar-refractivity contribution in [1.82, 2.24) is 9.19 Å². The number of aromatic nitrogens is 2. The summed E-state index contributed by atoms with van der Waals surface area (Å²) in [5.74, 6) is 0. The molecule has 0 unspecified atom stereocenters. The van der Waals surface area contributed by atoms with Crippen LogP contribution in [0.25, 0.3) is 10.9 Å². The van der Waals surface area contributed by atoms with Crippen molar-refractivity contribution < 1.29 is 17.7 Å². The zero-order valence-corrected chi connectivity index (χ0v) is 19.3. The fourth-order valence-corrected chi connectivity index (χ4v) is 5.07. The highest BCUT2D eigenvalue weighted by molar-refractivity contribution is 7.90. The Balaban J connectivity index is 1.92. The molecule has 4 rings (SSSR count). The first-order valence-electron chi connectivity index (χ1n) is 10.0. The number of rotatable bonds is 3. The first-order chi connectivity index (χ1) is 13.8. The van der Waals surface area contributed by atoms with Crippen LogP contribution in [0.4, 0.5) is 0 Å². The molecule has 6 nitrogen and oxygen atoms in total. The predicted octanol–water partition coefficient (Wildman–Crippen LogP) is 3.50. The van der Waals surface area contributed by atoms with E-state index < -0.39 is 28.3 Å². The van der Waals surface area contributed by atoms with Crippen molar-refractivity contribution in [3.05, 3.63) is 53.2 Å². The van der Waals surface area contributed by atoms with E-state index in [4.69, 9.17) is 9.31 Å². The van der Waals surface area contributed by atoms with Gasteiger partial charge in [-0.2, -0.15) is 17.6 Å². The average Bonchev–Trinajstić information content (AvgIpc) is 3.09. The van der Waals surface area contributed by atoms with Gasteiger partial charge in [-0.05, 0) is 72.1 Å². The van der Waals surface area contributed by atoms with Gasteiger partial charge in [-0.25, -0.2) is 0 Å². The minimum Gasteiger partial charge on any atom is -0.399 e. The van der Waals surface area contributed by atoms with Crippen molar-refractivity contribution in [3.63, 3.8) is 0 Å². The molecule has 1 aliphatic heterocycles. The Kier molecular flexibility index (Phi) is 4.69. The number of fused-ring (bicyclic) bond motifs is 1. The summed E-state index contributed by atoms with van der Waals surface area (Å²) in [5, 5.41) is 5.18. The lowest BCUT2D eigenvalue weighted by Gasteiger charge is -2.32. The van der Waals surface area contributed by atoms with Gasteiger partial charge >= 0.3 is 7.12 Å². The van der Waals surface area contributed by atoms with Crippen LogP contribution in [0.2, 0.25) is 0 Å². The second kappa shape index (κ2) is 6.67. The molecule has 0 amide bonds. The van der Waals surface area contributed by atoms with Crippen LogP contribution < -0.4 is 5.46 Å². The molecule has 0 saturated carbocycles.